The summed E-state index contributed by atoms with van der Waals surface area (Å²) in [6.45, 7) is 0. The third kappa shape index (κ3) is 4.20. The van der Waals surface area contributed by atoms with Crippen molar-refractivity contribution in [3.8, 4) is 11.5 Å². The highest BCUT2D eigenvalue weighted by molar-refractivity contribution is 6.00. The van der Waals surface area contributed by atoms with Crippen molar-refractivity contribution in [2.75, 3.05) is 19.5 Å². The quantitative estimate of drug-likeness (QED) is 0.487. The molecule has 1 aliphatic heterocycles. The summed E-state index contributed by atoms with van der Waals surface area (Å²) in [6.07, 6.45) is 2.85. The average Bonchev–Trinajstić information content (AvgIpc) is 2.71. The summed E-state index contributed by atoms with van der Waals surface area (Å²) in [7, 11) is 2.74. The molecule has 1 amide bonds. The molecule has 28 heavy (non-hydrogen) atoms. The first kappa shape index (κ1) is 19.2. The normalized spacial score (nSPS) is 15.5. The zero-order valence-electron chi connectivity index (χ0n) is 15.4. The highest BCUT2D eigenvalue weighted by Crippen LogP contribution is 2.35. The summed E-state index contributed by atoms with van der Waals surface area (Å²) in [5, 5.41) is 2.75. The molecule has 1 heterocycles. The van der Waals surface area contributed by atoms with Crippen molar-refractivity contribution in [2.24, 2.45) is 0 Å². The molecule has 2 aromatic rings. The van der Waals surface area contributed by atoms with Gasteiger partial charge >= 0.3 is 11.9 Å². The van der Waals surface area contributed by atoms with Crippen molar-refractivity contribution in [1.82, 2.24) is 0 Å². The van der Waals surface area contributed by atoms with Crippen LogP contribution in [0.25, 0.3) is 6.08 Å². The molecule has 7 heteroatoms. The van der Waals surface area contributed by atoms with E-state index in [1.165, 1.54) is 20.3 Å². The predicted molar refractivity (Wildman–Crippen MR) is 102 cm³/mol. The van der Waals surface area contributed by atoms with Gasteiger partial charge in [-0.15, -0.1) is 0 Å². The highest BCUT2D eigenvalue weighted by Gasteiger charge is 2.32. The van der Waals surface area contributed by atoms with Crippen molar-refractivity contribution in [3.05, 3.63) is 59.7 Å². The Morgan fingerprint density at radius 3 is 2.64 bits per heavy atom. The Kier molecular flexibility index (Phi) is 5.74. The molecule has 0 aromatic heterocycles. The number of rotatable bonds is 5. The number of hydrogen-bond donors (Lipinski definition) is 1. The lowest BCUT2D eigenvalue weighted by molar-refractivity contribution is -0.138. The van der Waals surface area contributed by atoms with Crippen LogP contribution in [0.15, 0.2) is 48.5 Å². The molecule has 1 atom stereocenters. The van der Waals surface area contributed by atoms with E-state index in [9.17, 15) is 14.4 Å². The molecule has 3 rings (SSSR count). The first-order valence-electron chi connectivity index (χ1n) is 8.56. The topological polar surface area (TPSA) is 90.9 Å². The second-order valence-electron chi connectivity index (χ2n) is 6.08. The van der Waals surface area contributed by atoms with Crippen LogP contribution in [0.3, 0.4) is 0 Å². The fourth-order valence-electron chi connectivity index (χ4n) is 2.91. The van der Waals surface area contributed by atoms with Crippen LogP contribution in [0.5, 0.6) is 11.5 Å². The van der Waals surface area contributed by atoms with Crippen LogP contribution in [0.2, 0.25) is 0 Å². The van der Waals surface area contributed by atoms with E-state index in [1.807, 2.05) is 0 Å². The zero-order chi connectivity index (χ0) is 20.1. The summed E-state index contributed by atoms with van der Waals surface area (Å²) in [5.74, 6) is -1.41. The van der Waals surface area contributed by atoms with Gasteiger partial charge in [-0.3, -0.25) is 9.59 Å². The number of methoxy groups -OCH3 is 2. The van der Waals surface area contributed by atoms with Crippen molar-refractivity contribution >= 4 is 29.6 Å². The van der Waals surface area contributed by atoms with Crippen LogP contribution < -0.4 is 14.8 Å². The zero-order valence-corrected chi connectivity index (χ0v) is 15.4. The van der Waals surface area contributed by atoms with Gasteiger partial charge in [-0.25, -0.2) is 4.79 Å². The third-order valence-electron chi connectivity index (χ3n) is 4.30. The van der Waals surface area contributed by atoms with Crippen molar-refractivity contribution in [3.63, 3.8) is 0 Å². The van der Waals surface area contributed by atoms with E-state index in [0.29, 0.717) is 22.6 Å². The van der Waals surface area contributed by atoms with Gasteiger partial charge in [-0.05, 0) is 35.4 Å². The van der Waals surface area contributed by atoms with E-state index in [2.05, 4.69) is 10.1 Å². The predicted octanol–water partition coefficient (Wildman–Crippen LogP) is 2.91. The number of ether oxygens (including phenoxy) is 3. The maximum absolute atomic E-state index is 12.7. The Balaban J connectivity index is 1.82. The van der Waals surface area contributed by atoms with Crippen molar-refractivity contribution in [2.45, 2.75) is 12.3 Å². The van der Waals surface area contributed by atoms with Crippen molar-refractivity contribution < 1.29 is 28.6 Å². The number of esters is 2. The monoisotopic (exact) mass is 381 g/mol. The number of para-hydroxylation sites is 1. The number of anilines is 1. The van der Waals surface area contributed by atoms with E-state index in [4.69, 9.17) is 9.47 Å². The molecular weight excluding hydrogens is 362 g/mol. The van der Waals surface area contributed by atoms with Crippen LogP contribution in [0, 0.1) is 0 Å². The van der Waals surface area contributed by atoms with Gasteiger partial charge in [0, 0.05) is 18.2 Å². The van der Waals surface area contributed by atoms with Gasteiger partial charge in [-0.1, -0.05) is 24.3 Å². The number of fused-ring (bicyclic) bond motifs is 1. The molecule has 1 N–H and O–H groups in total. The van der Waals surface area contributed by atoms with Gasteiger partial charge < -0.3 is 19.5 Å². The standard InChI is InChI=1S/C21H19NO6/c1-26-18-11-13(8-10-20(24)27-2)7-9-17(18)28-21(25)15-12-19(23)22-16-6-4-3-5-14(15)16/h3-11,15H,12H2,1-2H3,(H,22,23)/b10-8-/t15-/m1/s1. The molecule has 0 aliphatic carbocycles. The fourth-order valence-corrected chi connectivity index (χ4v) is 2.91. The number of carbonyl (C=O) groups is 3. The minimum Gasteiger partial charge on any atom is -0.493 e. The fraction of sp³-hybridized carbons (Fsp3) is 0.190. The summed E-state index contributed by atoms with van der Waals surface area (Å²) in [6, 6.07) is 12.0. The maximum Gasteiger partial charge on any atom is 0.330 e. The van der Waals surface area contributed by atoms with Gasteiger partial charge in [0.2, 0.25) is 5.91 Å². The average molecular weight is 381 g/mol. The Bertz CT molecular complexity index is 950. The first-order valence-corrected chi connectivity index (χ1v) is 8.56. The van der Waals surface area contributed by atoms with E-state index in [1.54, 1.807) is 48.5 Å². The number of hydrogen-bond acceptors (Lipinski definition) is 6. The highest BCUT2D eigenvalue weighted by atomic mass is 16.6. The van der Waals surface area contributed by atoms with Crippen LogP contribution in [-0.2, 0) is 19.1 Å². The second-order valence-corrected chi connectivity index (χ2v) is 6.08. The van der Waals surface area contributed by atoms with Gasteiger partial charge in [0.25, 0.3) is 0 Å². The molecule has 1 aliphatic rings. The molecule has 0 bridgehead atoms. The second kappa shape index (κ2) is 8.39. The maximum atomic E-state index is 12.7. The smallest absolute Gasteiger partial charge is 0.330 e. The molecule has 7 nitrogen and oxygen atoms in total. The Labute approximate surface area is 161 Å². The minimum atomic E-state index is -0.700. The molecule has 0 spiro atoms. The van der Waals surface area contributed by atoms with Crippen LogP contribution in [0.4, 0.5) is 5.69 Å². The lowest BCUT2D eigenvalue weighted by Gasteiger charge is -2.24. The Hall–Kier alpha value is -3.61. The molecule has 144 valence electrons. The minimum absolute atomic E-state index is 0.0120. The molecular formula is C21H19NO6. The molecule has 2 aromatic carbocycles. The first-order chi connectivity index (χ1) is 13.5. The molecule has 0 unspecified atom stereocenters. The molecule has 0 radical (unpaired) electrons. The summed E-state index contributed by atoms with van der Waals surface area (Å²) in [4.78, 5) is 35.9. The number of carbonyl (C=O) groups excluding carboxylic acids is 3. The van der Waals surface area contributed by atoms with E-state index in [0.717, 1.165) is 0 Å². The summed E-state index contributed by atoms with van der Waals surface area (Å²) < 4.78 is 15.4. The number of amides is 1. The number of nitrogens with one attached hydrogen (secondary N) is 1. The molecule has 0 saturated heterocycles. The Morgan fingerprint density at radius 2 is 1.89 bits per heavy atom. The van der Waals surface area contributed by atoms with Gasteiger partial charge in [0.05, 0.1) is 20.1 Å². The molecule has 0 fully saturated rings. The van der Waals surface area contributed by atoms with Gasteiger partial charge in [0.1, 0.15) is 0 Å². The third-order valence-corrected chi connectivity index (χ3v) is 4.30. The summed E-state index contributed by atoms with van der Waals surface area (Å²) in [5.41, 5.74) is 1.99. The number of benzene rings is 2. The van der Waals surface area contributed by atoms with Crippen molar-refractivity contribution in [1.29, 1.82) is 0 Å². The van der Waals surface area contributed by atoms with Crippen LogP contribution >= 0.6 is 0 Å². The van der Waals surface area contributed by atoms with E-state index in [-0.39, 0.29) is 18.1 Å². The SMILES string of the molecule is COC(=O)/C=C\c1ccc(OC(=O)[C@@H]2CC(=O)Nc3ccccc32)c(OC)c1. The van der Waals surface area contributed by atoms with Crippen LogP contribution in [0.1, 0.15) is 23.5 Å². The van der Waals surface area contributed by atoms with E-state index < -0.39 is 17.9 Å². The van der Waals surface area contributed by atoms with Gasteiger partial charge in [-0.2, -0.15) is 0 Å². The summed E-state index contributed by atoms with van der Waals surface area (Å²) >= 11 is 0. The van der Waals surface area contributed by atoms with Crippen LogP contribution in [-0.4, -0.2) is 32.1 Å². The lowest BCUT2D eigenvalue weighted by atomic mass is 9.91. The Morgan fingerprint density at radius 1 is 1.11 bits per heavy atom. The lowest BCUT2D eigenvalue weighted by Crippen LogP contribution is -2.29. The molecule has 0 saturated carbocycles. The van der Waals surface area contributed by atoms with E-state index >= 15 is 0 Å². The van der Waals surface area contributed by atoms with Gasteiger partial charge in [0.15, 0.2) is 11.5 Å². The largest absolute Gasteiger partial charge is 0.493 e.